The average molecular weight is 399 g/mol. The van der Waals surface area contributed by atoms with Crippen molar-refractivity contribution in [2.45, 2.75) is 19.5 Å². The smallest absolute Gasteiger partial charge is 0.336 e. The second kappa shape index (κ2) is 7.59. The lowest BCUT2D eigenvalue weighted by molar-refractivity contribution is 0.0758. The Kier molecular flexibility index (Phi) is 4.63. The number of carbonyl (C=O) groups excluding carboxylic acids is 1. The van der Waals surface area contributed by atoms with Crippen LogP contribution >= 0.6 is 0 Å². The highest BCUT2D eigenvalue weighted by atomic mass is 16.2. The Balaban J connectivity index is 1.34. The topological polar surface area (TPSA) is 73.0 Å². The molecule has 7 heteroatoms. The van der Waals surface area contributed by atoms with Crippen molar-refractivity contribution in [3.8, 4) is 0 Å². The van der Waals surface area contributed by atoms with E-state index in [1.165, 1.54) is 4.68 Å². The fourth-order valence-electron chi connectivity index (χ4n) is 3.92. The third-order valence-electron chi connectivity index (χ3n) is 5.51. The largest absolute Gasteiger partial charge is 0.346 e. The summed E-state index contributed by atoms with van der Waals surface area (Å²) in [6.07, 6.45) is 2.29. The van der Waals surface area contributed by atoms with E-state index in [0.29, 0.717) is 38.2 Å². The highest BCUT2D eigenvalue weighted by Crippen LogP contribution is 2.16. The molecule has 0 bridgehead atoms. The minimum Gasteiger partial charge on any atom is -0.336 e. The summed E-state index contributed by atoms with van der Waals surface area (Å²) in [5.41, 5.74) is 2.41. The van der Waals surface area contributed by atoms with Gasteiger partial charge in [-0.15, -0.1) is 0 Å². The van der Waals surface area contributed by atoms with Crippen LogP contribution in [0.5, 0.6) is 0 Å². The molecule has 3 heterocycles. The van der Waals surface area contributed by atoms with Crippen molar-refractivity contribution in [2.75, 3.05) is 13.1 Å². The van der Waals surface area contributed by atoms with Gasteiger partial charge in [0, 0.05) is 43.2 Å². The molecule has 0 radical (unpaired) electrons. The van der Waals surface area contributed by atoms with E-state index in [-0.39, 0.29) is 11.6 Å². The zero-order valence-electron chi connectivity index (χ0n) is 16.4. The summed E-state index contributed by atoms with van der Waals surface area (Å²) in [7, 11) is 0. The van der Waals surface area contributed by atoms with E-state index in [9.17, 15) is 9.59 Å². The highest BCUT2D eigenvalue weighted by Gasteiger charge is 2.23. The Morgan fingerprint density at radius 3 is 2.70 bits per heavy atom. The van der Waals surface area contributed by atoms with Crippen LogP contribution in [-0.4, -0.2) is 43.2 Å². The van der Waals surface area contributed by atoms with Gasteiger partial charge in [0.1, 0.15) is 5.82 Å². The number of fused-ring (bicyclic) bond motifs is 2. The number of carbonyl (C=O) groups is 1. The first-order valence-electron chi connectivity index (χ1n) is 10.0. The number of aromatic nitrogens is 4. The lowest BCUT2D eigenvalue weighted by atomic mass is 10.1. The zero-order valence-corrected chi connectivity index (χ0v) is 16.4. The fraction of sp³-hybridized carbons (Fsp3) is 0.217. The number of amides is 1. The van der Waals surface area contributed by atoms with Gasteiger partial charge in [0.2, 0.25) is 0 Å². The normalized spacial score (nSPS) is 13.8. The Hall–Kier alpha value is -3.74. The first-order valence-corrected chi connectivity index (χ1v) is 10.0. The number of hydrogen-bond donors (Lipinski definition) is 0. The fourth-order valence-corrected chi connectivity index (χ4v) is 3.92. The molecule has 1 amide bonds. The first kappa shape index (κ1) is 18.3. The van der Waals surface area contributed by atoms with E-state index >= 15 is 0 Å². The predicted molar refractivity (Wildman–Crippen MR) is 113 cm³/mol. The van der Waals surface area contributed by atoms with Crippen LogP contribution in [0.25, 0.3) is 10.9 Å². The van der Waals surface area contributed by atoms with Crippen LogP contribution in [0.4, 0.5) is 0 Å². The molecule has 0 atom stereocenters. The Morgan fingerprint density at radius 2 is 1.83 bits per heavy atom. The molecule has 7 nitrogen and oxygen atoms in total. The van der Waals surface area contributed by atoms with Gasteiger partial charge >= 0.3 is 5.69 Å². The van der Waals surface area contributed by atoms with Crippen molar-refractivity contribution >= 4 is 16.8 Å². The number of rotatable bonds is 3. The maximum Gasteiger partial charge on any atom is 0.346 e. The average Bonchev–Trinajstić information content (AvgIpc) is 2.95. The maximum absolute atomic E-state index is 13.1. The molecule has 2 aromatic heterocycles. The monoisotopic (exact) mass is 399 g/mol. The number of benzene rings is 2. The third kappa shape index (κ3) is 3.39. The van der Waals surface area contributed by atoms with Gasteiger partial charge in [0.05, 0.1) is 12.1 Å². The molecule has 4 aromatic rings. The summed E-state index contributed by atoms with van der Waals surface area (Å²) in [6, 6.07) is 19.2. The van der Waals surface area contributed by atoms with E-state index in [4.69, 9.17) is 0 Å². The van der Waals surface area contributed by atoms with Crippen LogP contribution in [0.2, 0.25) is 0 Å². The molecular formula is C23H21N5O2. The number of hydrogen-bond acceptors (Lipinski definition) is 4. The van der Waals surface area contributed by atoms with Crippen molar-refractivity contribution in [1.82, 2.24) is 24.2 Å². The molecular weight excluding hydrogens is 378 g/mol. The minimum atomic E-state index is -0.125. The van der Waals surface area contributed by atoms with Crippen molar-refractivity contribution in [3.05, 3.63) is 94.3 Å². The highest BCUT2D eigenvalue weighted by molar-refractivity contribution is 5.97. The Labute approximate surface area is 173 Å². The van der Waals surface area contributed by atoms with E-state index in [0.717, 1.165) is 22.3 Å². The predicted octanol–water partition coefficient (Wildman–Crippen LogP) is 2.34. The molecule has 1 aliphatic rings. The summed E-state index contributed by atoms with van der Waals surface area (Å²) in [5.74, 6) is 0.699. The lowest BCUT2D eigenvalue weighted by Crippen LogP contribution is -2.35. The van der Waals surface area contributed by atoms with Gasteiger partial charge < -0.3 is 4.90 Å². The van der Waals surface area contributed by atoms with E-state index < -0.39 is 0 Å². The molecule has 0 saturated heterocycles. The summed E-state index contributed by atoms with van der Waals surface area (Å²) in [6.45, 7) is 1.91. The molecule has 0 unspecified atom stereocenters. The Bertz CT molecular complexity index is 1280. The molecule has 0 fully saturated rings. The molecule has 0 saturated carbocycles. The first-order chi connectivity index (χ1) is 14.7. The molecule has 2 aromatic carbocycles. The van der Waals surface area contributed by atoms with Gasteiger partial charge in [-0.05, 0) is 29.8 Å². The van der Waals surface area contributed by atoms with Crippen LogP contribution in [0.1, 0.15) is 21.7 Å². The number of pyridine rings is 1. The maximum atomic E-state index is 13.1. The quantitative estimate of drug-likeness (QED) is 0.530. The van der Waals surface area contributed by atoms with Crippen molar-refractivity contribution < 1.29 is 4.79 Å². The van der Waals surface area contributed by atoms with Crippen LogP contribution in [-0.2, 0) is 19.5 Å². The van der Waals surface area contributed by atoms with Gasteiger partial charge in [-0.1, -0.05) is 36.4 Å². The molecule has 150 valence electrons. The summed E-state index contributed by atoms with van der Waals surface area (Å²) >= 11 is 0. The number of nitrogens with zero attached hydrogens (tertiary/aromatic N) is 5. The molecule has 0 spiro atoms. The summed E-state index contributed by atoms with van der Waals surface area (Å²) in [4.78, 5) is 32.0. The van der Waals surface area contributed by atoms with Crippen molar-refractivity contribution in [3.63, 3.8) is 0 Å². The van der Waals surface area contributed by atoms with Gasteiger partial charge in [-0.3, -0.25) is 14.3 Å². The van der Waals surface area contributed by atoms with E-state index in [2.05, 4.69) is 10.1 Å². The van der Waals surface area contributed by atoms with Gasteiger partial charge in [-0.2, -0.15) is 5.10 Å². The SMILES string of the molecule is O=C(c1ccc2ncccc2c1)N1CCc2nn(Cc3ccccc3)c(=O)n2CC1. The second-order valence-electron chi connectivity index (χ2n) is 7.45. The molecule has 5 rings (SSSR count). The molecule has 1 aliphatic heterocycles. The van der Waals surface area contributed by atoms with Crippen LogP contribution < -0.4 is 5.69 Å². The molecule has 0 aliphatic carbocycles. The lowest BCUT2D eigenvalue weighted by Gasteiger charge is -2.20. The van der Waals surface area contributed by atoms with Crippen LogP contribution in [0.3, 0.4) is 0 Å². The molecule has 30 heavy (non-hydrogen) atoms. The summed E-state index contributed by atoms with van der Waals surface area (Å²) < 4.78 is 3.21. The van der Waals surface area contributed by atoms with E-state index in [1.54, 1.807) is 15.7 Å². The minimum absolute atomic E-state index is 0.0314. The van der Waals surface area contributed by atoms with E-state index in [1.807, 2.05) is 60.7 Å². The second-order valence-corrected chi connectivity index (χ2v) is 7.45. The van der Waals surface area contributed by atoms with Crippen LogP contribution in [0.15, 0.2) is 71.7 Å². The zero-order chi connectivity index (χ0) is 20.5. The third-order valence-corrected chi connectivity index (χ3v) is 5.51. The van der Waals surface area contributed by atoms with Gasteiger partial charge in [0.25, 0.3) is 5.91 Å². The Morgan fingerprint density at radius 1 is 0.967 bits per heavy atom. The van der Waals surface area contributed by atoms with Crippen molar-refractivity contribution in [2.24, 2.45) is 0 Å². The van der Waals surface area contributed by atoms with Crippen LogP contribution in [0, 0.1) is 0 Å². The van der Waals surface area contributed by atoms with Gasteiger partial charge in [0.15, 0.2) is 0 Å². The summed E-state index contributed by atoms with van der Waals surface area (Å²) in [5, 5.41) is 5.47. The molecule has 0 N–H and O–H groups in total. The van der Waals surface area contributed by atoms with Gasteiger partial charge in [-0.25, -0.2) is 9.48 Å². The van der Waals surface area contributed by atoms with Crippen molar-refractivity contribution in [1.29, 1.82) is 0 Å². The standard InChI is InChI=1S/C23H21N5O2/c29-22(19-8-9-20-18(15-19)7-4-11-24-20)26-12-10-21-25-28(23(30)27(21)14-13-26)16-17-5-2-1-3-6-17/h1-9,11,15H,10,12-14,16H2.